The van der Waals surface area contributed by atoms with E-state index in [9.17, 15) is 4.79 Å². The third-order valence-electron chi connectivity index (χ3n) is 2.94. The van der Waals surface area contributed by atoms with Gasteiger partial charge in [0, 0.05) is 32.2 Å². The van der Waals surface area contributed by atoms with Crippen LogP contribution in [0.5, 0.6) is 5.75 Å². The first-order chi connectivity index (χ1) is 8.66. The van der Waals surface area contributed by atoms with Gasteiger partial charge >= 0.3 is 0 Å². The van der Waals surface area contributed by atoms with Crippen LogP contribution in [0.25, 0.3) is 0 Å². The summed E-state index contributed by atoms with van der Waals surface area (Å²) in [6.07, 6.45) is 3.46. The van der Waals surface area contributed by atoms with E-state index < -0.39 is 0 Å². The van der Waals surface area contributed by atoms with E-state index in [1.54, 1.807) is 6.20 Å². The number of hydrogen-bond donors (Lipinski definition) is 1. The average Bonchev–Trinajstić information content (AvgIpc) is 2.86. The zero-order valence-electron chi connectivity index (χ0n) is 10.9. The van der Waals surface area contributed by atoms with Crippen molar-refractivity contribution in [2.75, 3.05) is 32.8 Å². The van der Waals surface area contributed by atoms with Crippen molar-refractivity contribution in [3.8, 4) is 5.75 Å². The van der Waals surface area contributed by atoms with Gasteiger partial charge in [0.1, 0.15) is 0 Å². The van der Waals surface area contributed by atoms with E-state index in [4.69, 9.17) is 4.74 Å². The maximum atomic E-state index is 11.9. The minimum absolute atomic E-state index is 0.0359. The van der Waals surface area contributed by atoms with Gasteiger partial charge < -0.3 is 15.0 Å². The largest absolute Gasteiger partial charge is 0.480 e. The molecule has 0 unspecified atom stereocenters. The number of amides is 1. The monoisotopic (exact) mass is 252 g/mol. The minimum Gasteiger partial charge on any atom is -0.480 e. The second kappa shape index (κ2) is 5.86. The van der Waals surface area contributed by atoms with Crippen molar-refractivity contribution < 1.29 is 9.53 Å². The Bertz CT molecular complexity index is 397. The van der Waals surface area contributed by atoms with Crippen LogP contribution in [0.15, 0.2) is 12.4 Å². The first-order valence-corrected chi connectivity index (χ1v) is 6.32. The summed E-state index contributed by atoms with van der Waals surface area (Å²) in [4.78, 5) is 13.7. The molecule has 1 aliphatic rings. The number of carbonyl (C=O) groups excluding carboxylic acids is 1. The van der Waals surface area contributed by atoms with Gasteiger partial charge in [-0.15, -0.1) is 0 Å². The molecule has 6 heteroatoms. The SMILES string of the molecule is CC(C)n1cc(OCC(=O)N2CCNCC2)cn1. The number of nitrogens with zero attached hydrogens (tertiary/aromatic N) is 3. The molecule has 0 atom stereocenters. The molecule has 1 saturated heterocycles. The molecule has 100 valence electrons. The summed E-state index contributed by atoms with van der Waals surface area (Å²) in [5.74, 6) is 0.681. The third kappa shape index (κ3) is 3.22. The van der Waals surface area contributed by atoms with Gasteiger partial charge in [-0.3, -0.25) is 9.48 Å². The molecule has 18 heavy (non-hydrogen) atoms. The Morgan fingerprint density at radius 2 is 2.22 bits per heavy atom. The molecule has 0 radical (unpaired) electrons. The fraction of sp³-hybridized carbons (Fsp3) is 0.667. The predicted octanol–water partition coefficient (Wildman–Crippen LogP) is 0.275. The molecule has 1 aromatic rings. The summed E-state index contributed by atoms with van der Waals surface area (Å²) >= 11 is 0. The Labute approximate surface area is 107 Å². The minimum atomic E-state index is 0.0359. The van der Waals surface area contributed by atoms with Gasteiger partial charge in [-0.2, -0.15) is 5.10 Å². The van der Waals surface area contributed by atoms with Crippen molar-refractivity contribution in [1.82, 2.24) is 20.0 Å². The van der Waals surface area contributed by atoms with Crippen molar-refractivity contribution in [2.24, 2.45) is 0 Å². The van der Waals surface area contributed by atoms with E-state index in [1.807, 2.05) is 29.6 Å². The molecule has 1 aliphatic heterocycles. The highest BCUT2D eigenvalue weighted by Crippen LogP contribution is 2.12. The molecule has 0 aromatic carbocycles. The molecule has 0 saturated carbocycles. The quantitative estimate of drug-likeness (QED) is 0.836. The Balaban J connectivity index is 1.81. The average molecular weight is 252 g/mol. The summed E-state index contributed by atoms with van der Waals surface area (Å²) < 4.78 is 7.27. The summed E-state index contributed by atoms with van der Waals surface area (Å²) in [6.45, 7) is 7.41. The molecule has 0 bridgehead atoms. The topological polar surface area (TPSA) is 59.4 Å². The molecule has 1 aromatic heterocycles. The molecule has 1 amide bonds. The van der Waals surface area contributed by atoms with E-state index in [-0.39, 0.29) is 12.5 Å². The maximum Gasteiger partial charge on any atom is 0.260 e. The highest BCUT2D eigenvalue weighted by Gasteiger charge is 2.16. The lowest BCUT2D eigenvalue weighted by atomic mass is 10.3. The Hall–Kier alpha value is -1.56. The number of aromatic nitrogens is 2. The zero-order valence-corrected chi connectivity index (χ0v) is 10.9. The van der Waals surface area contributed by atoms with Gasteiger partial charge in [0.05, 0.1) is 12.4 Å². The highest BCUT2D eigenvalue weighted by atomic mass is 16.5. The van der Waals surface area contributed by atoms with Crippen molar-refractivity contribution in [3.05, 3.63) is 12.4 Å². The fourth-order valence-electron chi connectivity index (χ4n) is 1.83. The van der Waals surface area contributed by atoms with Gasteiger partial charge in [-0.25, -0.2) is 0 Å². The van der Waals surface area contributed by atoms with Gasteiger partial charge in [0.25, 0.3) is 5.91 Å². The molecule has 0 spiro atoms. The van der Waals surface area contributed by atoms with Gasteiger partial charge in [-0.05, 0) is 13.8 Å². The molecule has 2 rings (SSSR count). The Morgan fingerprint density at radius 3 is 2.83 bits per heavy atom. The molecule has 0 aliphatic carbocycles. The number of ether oxygens (including phenoxy) is 1. The van der Waals surface area contributed by atoms with Crippen LogP contribution in [0, 0.1) is 0 Å². The van der Waals surface area contributed by atoms with Crippen LogP contribution in [-0.2, 0) is 4.79 Å². The first kappa shape index (κ1) is 12.9. The molecule has 2 heterocycles. The van der Waals surface area contributed by atoms with Crippen molar-refractivity contribution in [3.63, 3.8) is 0 Å². The summed E-state index contributed by atoms with van der Waals surface area (Å²) in [5, 5.41) is 7.37. The lowest BCUT2D eigenvalue weighted by Crippen LogP contribution is -2.47. The smallest absolute Gasteiger partial charge is 0.260 e. The van der Waals surface area contributed by atoms with E-state index in [0.29, 0.717) is 11.8 Å². The summed E-state index contributed by atoms with van der Waals surface area (Å²) in [6, 6.07) is 0.297. The van der Waals surface area contributed by atoms with Crippen LogP contribution < -0.4 is 10.1 Å². The number of rotatable bonds is 4. The predicted molar refractivity (Wildman–Crippen MR) is 67.6 cm³/mol. The molecular formula is C12H20N4O2. The lowest BCUT2D eigenvalue weighted by Gasteiger charge is -2.27. The summed E-state index contributed by atoms with van der Waals surface area (Å²) in [5.41, 5.74) is 0. The van der Waals surface area contributed by atoms with Crippen LogP contribution in [0.1, 0.15) is 19.9 Å². The summed E-state index contributed by atoms with van der Waals surface area (Å²) in [7, 11) is 0. The molecule has 1 N–H and O–H groups in total. The second-order valence-electron chi connectivity index (χ2n) is 4.67. The van der Waals surface area contributed by atoms with Crippen LogP contribution >= 0.6 is 0 Å². The molecule has 1 fully saturated rings. The Kier molecular flexibility index (Phi) is 4.19. The zero-order chi connectivity index (χ0) is 13.0. The molecule has 6 nitrogen and oxygen atoms in total. The Morgan fingerprint density at radius 1 is 1.50 bits per heavy atom. The number of nitrogens with one attached hydrogen (secondary N) is 1. The standard InChI is InChI=1S/C12H20N4O2/c1-10(2)16-8-11(7-14-16)18-9-12(17)15-5-3-13-4-6-15/h7-8,10,13H,3-6,9H2,1-2H3. The van der Waals surface area contributed by atoms with Gasteiger partial charge in [0.2, 0.25) is 0 Å². The molecular weight excluding hydrogens is 232 g/mol. The fourth-order valence-corrected chi connectivity index (χ4v) is 1.83. The third-order valence-corrected chi connectivity index (χ3v) is 2.94. The maximum absolute atomic E-state index is 11.9. The number of carbonyl (C=O) groups is 1. The number of piperazine rings is 1. The van der Waals surface area contributed by atoms with E-state index in [0.717, 1.165) is 26.2 Å². The van der Waals surface area contributed by atoms with Crippen molar-refractivity contribution in [1.29, 1.82) is 0 Å². The van der Waals surface area contributed by atoms with Crippen LogP contribution in [-0.4, -0.2) is 53.4 Å². The van der Waals surface area contributed by atoms with Crippen LogP contribution in [0.2, 0.25) is 0 Å². The van der Waals surface area contributed by atoms with Crippen LogP contribution in [0.4, 0.5) is 0 Å². The van der Waals surface area contributed by atoms with E-state index in [1.165, 1.54) is 0 Å². The normalized spacial score (nSPS) is 16.1. The van der Waals surface area contributed by atoms with Crippen molar-refractivity contribution in [2.45, 2.75) is 19.9 Å². The lowest BCUT2D eigenvalue weighted by molar-refractivity contribution is -0.133. The van der Waals surface area contributed by atoms with Crippen molar-refractivity contribution >= 4 is 5.91 Å². The van der Waals surface area contributed by atoms with Gasteiger partial charge in [0.15, 0.2) is 12.4 Å². The highest BCUT2D eigenvalue weighted by molar-refractivity contribution is 5.77. The number of hydrogen-bond acceptors (Lipinski definition) is 4. The van der Waals surface area contributed by atoms with E-state index >= 15 is 0 Å². The first-order valence-electron chi connectivity index (χ1n) is 6.32. The second-order valence-corrected chi connectivity index (χ2v) is 4.67. The van der Waals surface area contributed by atoms with Crippen LogP contribution in [0.3, 0.4) is 0 Å². The van der Waals surface area contributed by atoms with E-state index in [2.05, 4.69) is 10.4 Å². The van der Waals surface area contributed by atoms with Gasteiger partial charge in [-0.1, -0.05) is 0 Å².